The minimum Gasteiger partial charge on any atom is -0.201 e. The van der Waals surface area contributed by atoms with Gasteiger partial charge < -0.3 is 0 Å². The van der Waals surface area contributed by atoms with Crippen LogP contribution in [0.5, 0.6) is 0 Å². The third-order valence-corrected chi connectivity index (χ3v) is 6.21. The Bertz CT molecular complexity index is 616. The molecule has 5 heteroatoms. The summed E-state index contributed by atoms with van der Waals surface area (Å²) in [5.41, 5.74) is 3.35. The minimum absolute atomic E-state index is 0.222. The molecular formula is C22H34N2S3. The van der Waals surface area contributed by atoms with Crippen molar-refractivity contribution in [2.24, 2.45) is 0 Å². The van der Waals surface area contributed by atoms with E-state index in [1.165, 1.54) is 39.2 Å². The summed E-state index contributed by atoms with van der Waals surface area (Å²) >= 11 is 4.86. The predicted molar refractivity (Wildman–Crippen MR) is 125 cm³/mol. The molecule has 3 rings (SSSR count). The van der Waals surface area contributed by atoms with Crippen LogP contribution in [-0.4, -0.2) is 8.75 Å². The normalized spacial score (nSPS) is 11.9. The van der Waals surface area contributed by atoms with Crippen molar-refractivity contribution in [3.05, 3.63) is 56.7 Å². The fourth-order valence-corrected chi connectivity index (χ4v) is 4.16. The molecule has 0 aliphatic rings. The van der Waals surface area contributed by atoms with Crippen molar-refractivity contribution in [1.82, 2.24) is 8.75 Å². The van der Waals surface area contributed by atoms with Crippen LogP contribution in [0.25, 0.3) is 0 Å². The van der Waals surface area contributed by atoms with E-state index in [-0.39, 0.29) is 10.8 Å². The van der Waals surface area contributed by atoms with E-state index in [0.717, 1.165) is 0 Å². The maximum absolute atomic E-state index is 4.23. The van der Waals surface area contributed by atoms with Gasteiger partial charge in [-0.3, -0.25) is 0 Å². The second-order valence-corrected chi connectivity index (χ2v) is 11.8. The lowest BCUT2D eigenvalue weighted by Gasteiger charge is -2.14. The molecule has 3 heterocycles. The average molecular weight is 423 g/mol. The van der Waals surface area contributed by atoms with Gasteiger partial charge in [0.2, 0.25) is 0 Å². The van der Waals surface area contributed by atoms with Gasteiger partial charge in [0.05, 0.1) is 5.69 Å². The summed E-state index contributed by atoms with van der Waals surface area (Å²) in [6.07, 6.45) is 1.94. The Morgan fingerprint density at radius 1 is 0.741 bits per heavy atom. The van der Waals surface area contributed by atoms with E-state index in [4.69, 9.17) is 0 Å². The van der Waals surface area contributed by atoms with Crippen molar-refractivity contribution < 1.29 is 0 Å². The molecular weight excluding hydrogens is 388 g/mol. The molecule has 0 amide bonds. The largest absolute Gasteiger partial charge is 0.201 e. The topological polar surface area (TPSA) is 25.8 Å². The smallest absolute Gasteiger partial charge is 0.0595 e. The van der Waals surface area contributed by atoms with Gasteiger partial charge in [0, 0.05) is 27.2 Å². The molecule has 3 aromatic heterocycles. The summed E-state index contributed by atoms with van der Waals surface area (Å²) in [6, 6.07) is 6.36. The van der Waals surface area contributed by atoms with Gasteiger partial charge in [-0.15, -0.1) is 11.3 Å². The van der Waals surface area contributed by atoms with E-state index in [1.807, 2.05) is 22.9 Å². The molecule has 0 bridgehead atoms. The van der Waals surface area contributed by atoms with Gasteiger partial charge in [-0.05, 0) is 57.0 Å². The number of thiophene rings is 1. The molecule has 2 nitrogen and oxygen atoms in total. The van der Waals surface area contributed by atoms with Crippen molar-refractivity contribution in [3.63, 3.8) is 0 Å². The molecule has 150 valence electrons. The standard InChI is InChI=1S/C8H12S.2C7H11NS/c1-8(2,3)7-5-4-6-9-7;1-7(2,3)6-4-8-9-5-6;1-7(2,3)6-4-5-9-8-6/h4-6H,1-3H3;2*4-5H,1-3H3. The number of aromatic nitrogens is 2. The summed E-state index contributed by atoms with van der Waals surface area (Å²) in [5.74, 6) is 0. The number of hydrogen-bond donors (Lipinski definition) is 0. The molecule has 27 heavy (non-hydrogen) atoms. The van der Waals surface area contributed by atoms with Crippen molar-refractivity contribution in [2.75, 3.05) is 0 Å². The molecule has 0 fully saturated rings. The van der Waals surface area contributed by atoms with Gasteiger partial charge in [0.15, 0.2) is 0 Å². The summed E-state index contributed by atoms with van der Waals surface area (Å²) in [6.45, 7) is 19.8. The molecule has 0 aliphatic heterocycles. The fraction of sp³-hybridized carbons (Fsp3) is 0.545. The van der Waals surface area contributed by atoms with Crippen LogP contribution in [-0.2, 0) is 16.2 Å². The molecule has 0 radical (unpaired) electrons. The summed E-state index contributed by atoms with van der Waals surface area (Å²) in [4.78, 5) is 1.46. The maximum atomic E-state index is 4.23. The Morgan fingerprint density at radius 3 is 1.63 bits per heavy atom. The van der Waals surface area contributed by atoms with Crippen LogP contribution in [0, 0.1) is 0 Å². The highest BCUT2D eigenvalue weighted by molar-refractivity contribution is 7.10. The third kappa shape index (κ3) is 9.13. The van der Waals surface area contributed by atoms with E-state index in [0.29, 0.717) is 5.41 Å². The average Bonchev–Trinajstić information content (AvgIpc) is 3.28. The Kier molecular flexibility index (Phi) is 8.84. The molecule has 3 aromatic rings. The second-order valence-electron chi connectivity index (χ2n) is 9.53. The molecule has 0 atom stereocenters. The molecule has 0 saturated heterocycles. The summed E-state index contributed by atoms with van der Waals surface area (Å²) in [7, 11) is 0. The summed E-state index contributed by atoms with van der Waals surface area (Å²) in [5, 5.41) is 6.24. The number of rotatable bonds is 0. The predicted octanol–water partition coefficient (Wildman–Crippen LogP) is 7.93. The van der Waals surface area contributed by atoms with E-state index in [2.05, 4.69) is 100 Å². The van der Waals surface area contributed by atoms with Gasteiger partial charge in [0.1, 0.15) is 0 Å². The Labute approximate surface area is 178 Å². The molecule has 0 saturated carbocycles. The van der Waals surface area contributed by atoms with Gasteiger partial charge in [-0.2, -0.15) is 4.37 Å². The molecule has 0 N–H and O–H groups in total. The van der Waals surface area contributed by atoms with Crippen LogP contribution in [0.15, 0.2) is 40.5 Å². The van der Waals surface area contributed by atoms with Crippen LogP contribution in [0.1, 0.15) is 78.4 Å². The number of nitrogens with zero attached hydrogens (tertiary/aromatic N) is 2. The Morgan fingerprint density at radius 2 is 1.41 bits per heavy atom. The molecule has 0 aliphatic carbocycles. The van der Waals surface area contributed by atoms with E-state index >= 15 is 0 Å². The quantitative estimate of drug-likeness (QED) is 0.367. The first kappa shape index (κ1) is 24.0. The lowest BCUT2D eigenvalue weighted by Crippen LogP contribution is -2.10. The molecule has 0 unspecified atom stereocenters. The van der Waals surface area contributed by atoms with E-state index < -0.39 is 0 Å². The number of hydrogen-bond acceptors (Lipinski definition) is 5. The third-order valence-electron chi connectivity index (χ3n) is 3.76. The van der Waals surface area contributed by atoms with Crippen LogP contribution < -0.4 is 0 Å². The maximum Gasteiger partial charge on any atom is 0.0595 e. The van der Waals surface area contributed by atoms with Crippen molar-refractivity contribution in [2.45, 2.75) is 78.6 Å². The summed E-state index contributed by atoms with van der Waals surface area (Å²) < 4.78 is 8.26. The zero-order valence-corrected chi connectivity index (χ0v) is 20.6. The fourth-order valence-electron chi connectivity index (χ4n) is 1.88. The van der Waals surface area contributed by atoms with Gasteiger partial charge in [0.25, 0.3) is 0 Å². The molecule has 0 aromatic carbocycles. The van der Waals surface area contributed by atoms with Crippen LogP contribution in [0.3, 0.4) is 0 Å². The van der Waals surface area contributed by atoms with Crippen LogP contribution in [0.4, 0.5) is 0 Å². The zero-order chi connectivity index (χ0) is 20.7. The minimum atomic E-state index is 0.222. The molecule has 0 spiro atoms. The Balaban J connectivity index is 0.000000202. The van der Waals surface area contributed by atoms with Crippen molar-refractivity contribution >= 4 is 34.4 Å². The highest BCUT2D eigenvalue weighted by Crippen LogP contribution is 2.26. The van der Waals surface area contributed by atoms with Gasteiger partial charge in [-0.25, -0.2) is 4.37 Å². The monoisotopic (exact) mass is 422 g/mol. The Hall–Kier alpha value is -1.04. The first-order chi connectivity index (χ1) is 12.3. The second kappa shape index (κ2) is 9.94. The lowest BCUT2D eigenvalue weighted by molar-refractivity contribution is 0.576. The van der Waals surface area contributed by atoms with Gasteiger partial charge in [-0.1, -0.05) is 68.4 Å². The lowest BCUT2D eigenvalue weighted by atomic mass is 9.90. The SMILES string of the molecule is CC(C)(C)c1cccs1.CC(C)(C)c1ccsn1.CC(C)(C)c1cnsc1. The van der Waals surface area contributed by atoms with Crippen LogP contribution in [0.2, 0.25) is 0 Å². The first-order valence-corrected chi connectivity index (χ1v) is 11.7. The van der Waals surface area contributed by atoms with E-state index in [9.17, 15) is 0 Å². The first-order valence-electron chi connectivity index (χ1n) is 9.16. The van der Waals surface area contributed by atoms with Gasteiger partial charge >= 0.3 is 0 Å². The van der Waals surface area contributed by atoms with Crippen molar-refractivity contribution in [1.29, 1.82) is 0 Å². The highest BCUT2D eigenvalue weighted by Gasteiger charge is 2.15. The zero-order valence-electron chi connectivity index (χ0n) is 18.2. The van der Waals surface area contributed by atoms with Crippen molar-refractivity contribution in [3.8, 4) is 0 Å². The highest BCUT2D eigenvalue weighted by atomic mass is 32.1. The van der Waals surface area contributed by atoms with Crippen LogP contribution >= 0.6 is 34.4 Å². The van der Waals surface area contributed by atoms with E-state index in [1.54, 1.807) is 0 Å².